The molecule has 0 radical (unpaired) electrons. The Kier molecular flexibility index (Phi) is 4.77. The number of hydrogen-bond donors (Lipinski definition) is 1. The normalized spacial score (nSPS) is 24.4. The van der Waals surface area contributed by atoms with Crippen LogP contribution in [-0.2, 0) is 6.54 Å². The van der Waals surface area contributed by atoms with E-state index in [-0.39, 0.29) is 5.82 Å². The first-order valence-electron chi connectivity index (χ1n) is 6.94. The zero-order valence-electron chi connectivity index (χ0n) is 11.9. The topological polar surface area (TPSA) is 24.5 Å². The standard InChI is InChI=1S/C15H23FN2O/c1-4-13-8-17-11(2)9-18(13)10-12-6-5-7-14(19-3)15(12)16/h5-7,11,13,17H,4,8-10H2,1-3H3. The molecule has 106 valence electrons. The fourth-order valence-corrected chi connectivity index (χ4v) is 2.68. The Hall–Kier alpha value is -1.13. The number of nitrogens with zero attached hydrogens (tertiary/aromatic N) is 1. The molecule has 1 aliphatic heterocycles. The average molecular weight is 266 g/mol. The summed E-state index contributed by atoms with van der Waals surface area (Å²) in [5, 5.41) is 3.48. The van der Waals surface area contributed by atoms with Gasteiger partial charge in [0, 0.05) is 37.3 Å². The van der Waals surface area contributed by atoms with E-state index in [0.29, 0.717) is 29.9 Å². The molecule has 1 aromatic rings. The van der Waals surface area contributed by atoms with Crippen LogP contribution in [0, 0.1) is 5.82 Å². The van der Waals surface area contributed by atoms with Gasteiger partial charge in [0.2, 0.25) is 0 Å². The van der Waals surface area contributed by atoms with Gasteiger partial charge in [0.1, 0.15) is 0 Å². The van der Waals surface area contributed by atoms with E-state index in [4.69, 9.17) is 4.74 Å². The van der Waals surface area contributed by atoms with Crippen molar-refractivity contribution in [3.8, 4) is 5.75 Å². The Morgan fingerprint density at radius 1 is 1.47 bits per heavy atom. The first kappa shape index (κ1) is 14.3. The van der Waals surface area contributed by atoms with Crippen LogP contribution in [0.25, 0.3) is 0 Å². The second-order valence-electron chi connectivity index (χ2n) is 5.23. The first-order valence-corrected chi connectivity index (χ1v) is 6.94. The maximum Gasteiger partial charge on any atom is 0.169 e. The summed E-state index contributed by atoms with van der Waals surface area (Å²) in [6.07, 6.45) is 1.07. The van der Waals surface area contributed by atoms with Crippen LogP contribution in [0.2, 0.25) is 0 Å². The van der Waals surface area contributed by atoms with Crippen molar-refractivity contribution in [2.75, 3.05) is 20.2 Å². The fourth-order valence-electron chi connectivity index (χ4n) is 2.68. The van der Waals surface area contributed by atoms with E-state index in [2.05, 4.69) is 24.1 Å². The van der Waals surface area contributed by atoms with Gasteiger partial charge in [-0.25, -0.2) is 4.39 Å². The molecule has 3 nitrogen and oxygen atoms in total. The molecule has 1 fully saturated rings. The van der Waals surface area contributed by atoms with Crippen molar-refractivity contribution in [2.24, 2.45) is 0 Å². The maximum absolute atomic E-state index is 14.2. The van der Waals surface area contributed by atoms with Crippen molar-refractivity contribution in [3.63, 3.8) is 0 Å². The molecule has 1 aromatic carbocycles. The first-order chi connectivity index (χ1) is 9.15. The van der Waals surface area contributed by atoms with E-state index in [0.717, 1.165) is 19.5 Å². The fraction of sp³-hybridized carbons (Fsp3) is 0.600. The third kappa shape index (κ3) is 3.25. The van der Waals surface area contributed by atoms with Crippen LogP contribution in [0.5, 0.6) is 5.75 Å². The Morgan fingerprint density at radius 3 is 2.95 bits per heavy atom. The van der Waals surface area contributed by atoms with Gasteiger partial charge in [-0.05, 0) is 19.4 Å². The van der Waals surface area contributed by atoms with Crippen LogP contribution in [0.1, 0.15) is 25.8 Å². The molecule has 4 heteroatoms. The quantitative estimate of drug-likeness (QED) is 0.905. The molecule has 0 bridgehead atoms. The van der Waals surface area contributed by atoms with Crippen LogP contribution < -0.4 is 10.1 Å². The number of methoxy groups -OCH3 is 1. The van der Waals surface area contributed by atoms with E-state index in [9.17, 15) is 4.39 Å². The molecule has 2 rings (SSSR count). The Morgan fingerprint density at radius 2 is 2.26 bits per heavy atom. The average Bonchev–Trinajstić information content (AvgIpc) is 2.41. The van der Waals surface area contributed by atoms with Gasteiger partial charge in [0.25, 0.3) is 0 Å². The molecule has 19 heavy (non-hydrogen) atoms. The summed E-state index contributed by atoms with van der Waals surface area (Å²) in [6, 6.07) is 6.29. The van der Waals surface area contributed by atoms with Crippen molar-refractivity contribution in [1.29, 1.82) is 0 Å². The lowest BCUT2D eigenvalue weighted by molar-refractivity contribution is 0.122. The Bertz CT molecular complexity index is 425. The van der Waals surface area contributed by atoms with Crippen LogP contribution in [0.15, 0.2) is 18.2 Å². The highest BCUT2D eigenvalue weighted by molar-refractivity contribution is 5.31. The molecule has 2 unspecified atom stereocenters. The van der Waals surface area contributed by atoms with Gasteiger partial charge in [0.15, 0.2) is 11.6 Å². The molecular weight excluding hydrogens is 243 g/mol. The minimum absolute atomic E-state index is 0.231. The van der Waals surface area contributed by atoms with E-state index in [1.165, 1.54) is 7.11 Å². The molecule has 0 aromatic heterocycles. The Labute approximate surface area is 114 Å². The van der Waals surface area contributed by atoms with Crippen molar-refractivity contribution in [1.82, 2.24) is 10.2 Å². The molecule has 1 N–H and O–H groups in total. The van der Waals surface area contributed by atoms with E-state index >= 15 is 0 Å². The van der Waals surface area contributed by atoms with Gasteiger partial charge in [-0.1, -0.05) is 19.1 Å². The second kappa shape index (κ2) is 6.35. The summed E-state index contributed by atoms with van der Waals surface area (Å²) in [7, 11) is 1.50. The summed E-state index contributed by atoms with van der Waals surface area (Å²) in [4.78, 5) is 2.36. The highest BCUT2D eigenvalue weighted by Gasteiger charge is 2.25. The predicted molar refractivity (Wildman–Crippen MR) is 74.9 cm³/mol. The smallest absolute Gasteiger partial charge is 0.169 e. The zero-order valence-corrected chi connectivity index (χ0v) is 11.9. The molecule has 2 atom stereocenters. The van der Waals surface area contributed by atoms with Gasteiger partial charge in [-0.3, -0.25) is 4.90 Å². The molecule has 0 spiro atoms. The minimum atomic E-state index is -0.231. The van der Waals surface area contributed by atoms with Gasteiger partial charge < -0.3 is 10.1 Å². The van der Waals surface area contributed by atoms with E-state index in [1.54, 1.807) is 6.07 Å². The lowest BCUT2D eigenvalue weighted by Crippen LogP contribution is -2.54. The lowest BCUT2D eigenvalue weighted by Gasteiger charge is -2.39. The van der Waals surface area contributed by atoms with Crippen LogP contribution in [0.4, 0.5) is 4.39 Å². The molecule has 1 heterocycles. The molecular formula is C15H23FN2O. The van der Waals surface area contributed by atoms with Gasteiger partial charge in [-0.2, -0.15) is 0 Å². The van der Waals surface area contributed by atoms with Crippen molar-refractivity contribution >= 4 is 0 Å². The van der Waals surface area contributed by atoms with Gasteiger partial charge in [0.05, 0.1) is 7.11 Å². The van der Waals surface area contributed by atoms with E-state index < -0.39 is 0 Å². The third-order valence-corrected chi connectivity index (χ3v) is 3.83. The van der Waals surface area contributed by atoms with Crippen LogP contribution >= 0.6 is 0 Å². The summed E-state index contributed by atoms with van der Waals surface area (Å²) < 4.78 is 19.2. The summed E-state index contributed by atoms with van der Waals surface area (Å²) in [6.45, 7) is 6.92. The van der Waals surface area contributed by atoms with Crippen LogP contribution in [-0.4, -0.2) is 37.2 Å². The summed E-state index contributed by atoms with van der Waals surface area (Å²) in [5.41, 5.74) is 0.715. The SMILES string of the molecule is CCC1CNC(C)CN1Cc1cccc(OC)c1F. The molecule has 1 saturated heterocycles. The summed E-state index contributed by atoms with van der Waals surface area (Å²) >= 11 is 0. The summed E-state index contributed by atoms with van der Waals surface area (Å²) in [5.74, 6) is 0.0970. The van der Waals surface area contributed by atoms with Crippen molar-refractivity contribution in [3.05, 3.63) is 29.6 Å². The maximum atomic E-state index is 14.2. The third-order valence-electron chi connectivity index (χ3n) is 3.83. The van der Waals surface area contributed by atoms with Crippen molar-refractivity contribution < 1.29 is 9.13 Å². The van der Waals surface area contributed by atoms with E-state index in [1.807, 2.05) is 12.1 Å². The monoisotopic (exact) mass is 266 g/mol. The molecule has 0 amide bonds. The highest BCUT2D eigenvalue weighted by atomic mass is 19.1. The molecule has 0 saturated carbocycles. The number of piperazine rings is 1. The number of hydrogen-bond acceptors (Lipinski definition) is 3. The number of benzene rings is 1. The number of nitrogens with one attached hydrogen (secondary N) is 1. The van der Waals surface area contributed by atoms with Crippen LogP contribution in [0.3, 0.4) is 0 Å². The zero-order chi connectivity index (χ0) is 13.8. The number of rotatable bonds is 4. The number of ether oxygens (including phenoxy) is 1. The number of halogens is 1. The minimum Gasteiger partial charge on any atom is -0.494 e. The predicted octanol–water partition coefficient (Wildman–Crippen LogP) is 2.41. The van der Waals surface area contributed by atoms with Gasteiger partial charge in [-0.15, -0.1) is 0 Å². The molecule has 1 aliphatic rings. The lowest BCUT2D eigenvalue weighted by atomic mass is 10.1. The largest absolute Gasteiger partial charge is 0.494 e. The van der Waals surface area contributed by atoms with Crippen molar-refractivity contribution in [2.45, 2.75) is 38.9 Å². The molecule has 0 aliphatic carbocycles. The highest BCUT2D eigenvalue weighted by Crippen LogP contribution is 2.23. The van der Waals surface area contributed by atoms with Gasteiger partial charge >= 0.3 is 0 Å². The second-order valence-corrected chi connectivity index (χ2v) is 5.23. The Balaban J connectivity index is 2.14.